The Labute approximate surface area is 122 Å². The number of halogens is 2. The molecule has 0 heterocycles. The first-order valence-electron chi connectivity index (χ1n) is 5.95. The fourth-order valence-electron chi connectivity index (χ4n) is 2.03. The summed E-state index contributed by atoms with van der Waals surface area (Å²) < 4.78 is 0. The molecular formula is C16H16BrCl. The largest absolute Gasteiger partial charge is 0.0843 e. The van der Waals surface area contributed by atoms with Crippen LogP contribution in [0.4, 0.5) is 0 Å². The molecule has 0 amide bonds. The van der Waals surface area contributed by atoms with Gasteiger partial charge in [-0.05, 0) is 60.7 Å². The summed E-state index contributed by atoms with van der Waals surface area (Å²) in [7, 11) is 0. The lowest BCUT2D eigenvalue weighted by atomic mass is 9.99. The number of aryl methyl sites for hydroxylation is 3. The highest BCUT2D eigenvalue weighted by Gasteiger charge is 2.12. The van der Waals surface area contributed by atoms with Crippen molar-refractivity contribution < 1.29 is 0 Å². The third-order valence-electron chi connectivity index (χ3n) is 3.18. The van der Waals surface area contributed by atoms with Crippen LogP contribution in [0.3, 0.4) is 0 Å². The maximum absolute atomic E-state index is 6.12. The van der Waals surface area contributed by atoms with Gasteiger partial charge >= 0.3 is 0 Å². The zero-order valence-corrected chi connectivity index (χ0v) is 13.1. The second-order valence-corrected chi connectivity index (χ2v) is 6.12. The van der Waals surface area contributed by atoms with Crippen LogP contribution in [0.25, 0.3) is 0 Å². The molecule has 0 nitrogen and oxygen atoms in total. The Bertz CT molecular complexity index is 555. The van der Waals surface area contributed by atoms with Crippen molar-refractivity contribution in [2.75, 3.05) is 0 Å². The Kier molecular flexibility index (Phi) is 4.14. The molecule has 2 aromatic rings. The minimum absolute atomic E-state index is 0.189. The quantitative estimate of drug-likeness (QED) is 0.617. The van der Waals surface area contributed by atoms with Gasteiger partial charge in [-0.2, -0.15) is 0 Å². The van der Waals surface area contributed by atoms with Crippen LogP contribution < -0.4 is 0 Å². The fraction of sp³-hybridized carbons (Fsp3) is 0.250. The van der Waals surface area contributed by atoms with Crippen LogP contribution in [0.5, 0.6) is 0 Å². The van der Waals surface area contributed by atoms with E-state index >= 15 is 0 Å². The van der Waals surface area contributed by atoms with Crippen molar-refractivity contribution in [3.8, 4) is 0 Å². The molecule has 1 unspecified atom stereocenters. The fourth-order valence-corrected chi connectivity index (χ4v) is 2.87. The number of alkyl halides is 1. The van der Waals surface area contributed by atoms with Crippen molar-refractivity contribution in [3.63, 3.8) is 0 Å². The summed E-state index contributed by atoms with van der Waals surface area (Å²) in [6, 6.07) is 12.7. The Morgan fingerprint density at radius 1 is 0.889 bits per heavy atom. The molecule has 0 aliphatic heterocycles. The molecule has 0 aromatic heterocycles. The molecular weight excluding hydrogens is 308 g/mol. The second kappa shape index (κ2) is 5.46. The molecule has 2 rings (SSSR count). The molecule has 1 atom stereocenters. The van der Waals surface area contributed by atoms with E-state index in [2.05, 4.69) is 61.0 Å². The molecule has 0 fully saturated rings. The van der Waals surface area contributed by atoms with Crippen LogP contribution in [0.1, 0.15) is 32.6 Å². The minimum atomic E-state index is 0.189. The Balaban J connectivity index is 2.40. The standard InChI is InChI=1S/C16H16BrCl/c1-10-6-14(9-15(18)7-10)16(17)13-5-4-11(2)12(3)8-13/h4-9,16H,1-3H3. The molecule has 0 aliphatic rings. The van der Waals surface area contributed by atoms with Crippen molar-refractivity contribution in [3.05, 3.63) is 69.2 Å². The van der Waals surface area contributed by atoms with Crippen LogP contribution >= 0.6 is 27.5 Å². The van der Waals surface area contributed by atoms with Crippen LogP contribution in [0.15, 0.2) is 36.4 Å². The van der Waals surface area contributed by atoms with Gasteiger partial charge in [-0.15, -0.1) is 0 Å². The van der Waals surface area contributed by atoms with Crippen molar-refractivity contribution in [2.24, 2.45) is 0 Å². The minimum Gasteiger partial charge on any atom is -0.0843 e. The zero-order chi connectivity index (χ0) is 13.3. The molecule has 0 aliphatic carbocycles. The third kappa shape index (κ3) is 2.96. The van der Waals surface area contributed by atoms with Crippen molar-refractivity contribution in [1.29, 1.82) is 0 Å². The van der Waals surface area contributed by atoms with Gasteiger partial charge in [0.2, 0.25) is 0 Å². The highest BCUT2D eigenvalue weighted by Crippen LogP contribution is 2.33. The zero-order valence-electron chi connectivity index (χ0n) is 10.8. The summed E-state index contributed by atoms with van der Waals surface area (Å²) in [5.41, 5.74) is 6.28. The summed E-state index contributed by atoms with van der Waals surface area (Å²) in [4.78, 5) is 0.189. The van der Waals surface area contributed by atoms with E-state index in [4.69, 9.17) is 11.6 Å². The molecule has 0 bridgehead atoms. The van der Waals surface area contributed by atoms with Crippen LogP contribution in [0, 0.1) is 20.8 Å². The van der Waals surface area contributed by atoms with Crippen LogP contribution in [0.2, 0.25) is 5.02 Å². The molecule has 2 aromatic carbocycles. The van der Waals surface area contributed by atoms with E-state index in [0.717, 1.165) is 5.02 Å². The molecule has 0 N–H and O–H groups in total. The molecule has 94 valence electrons. The summed E-state index contributed by atoms with van der Waals surface area (Å²) >= 11 is 9.88. The Hall–Kier alpha value is -0.790. The van der Waals surface area contributed by atoms with Gasteiger partial charge in [0, 0.05) is 5.02 Å². The predicted octanol–water partition coefficient (Wildman–Crippen LogP) is 5.75. The molecule has 2 heteroatoms. The monoisotopic (exact) mass is 322 g/mol. The van der Waals surface area contributed by atoms with E-state index in [0.29, 0.717) is 0 Å². The summed E-state index contributed by atoms with van der Waals surface area (Å²) in [6.45, 7) is 6.34. The summed E-state index contributed by atoms with van der Waals surface area (Å²) in [5.74, 6) is 0. The molecule has 0 spiro atoms. The lowest BCUT2D eigenvalue weighted by Crippen LogP contribution is -1.95. The smallest absolute Gasteiger partial charge is 0.0645 e. The van der Waals surface area contributed by atoms with Gasteiger partial charge in [0.25, 0.3) is 0 Å². The van der Waals surface area contributed by atoms with Crippen molar-refractivity contribution in [1.82, 2.24) is 0 Å². The lowest BCUT2D eigenvalue weighted by molar-refractivity contribution is 1.15. The lowest BCUT2D eigenvalue weighted by Gasteiger charge is -2.14. The van der Waals surface area contributed by atoms with Gasteiger partial charge in [0.1, 0.15) is 0 Å². The topological polar surface area (TPSA) is 0 Å². The van der Waals surface area contributed by atoms with E-state index < -0.39 is 0 Å². The molecule has 0 saturated carbocycles. The molecule has 0 saturated heterocycles. The van der Waals surface area contributed by atoms with E-state index in [1.165, 1.54) is 27.8 Å². The maximum Gasteiger partial charge on any atom is 0.0645 e. The van der Waals surface area contributed by atoms with Gasteiger partial charge in [-0.3, -0.25) is 0 Å². The van der Waals surface area contributed by atoms with Gasteiger partial charge in [0.15, 0.2) is 0 Å². The maximum atomic E-state index is 6.12. The number of benzene rings is 2. The first-order chi connectivity index (χ1) is 8.47. The Morgan fingerprint density at radius 3 is 2.22 bits per heavy atom. The van der Waals surface area contributed by atoms with E-state index in [1.54, 1.807) is 0 Å². The van der Waals surface area contributed by atoms with Gasteiger partial charge in [-0.1, -0.05) is 51.8 Å². The second-order valence-electron chi connectivity index (χ2n) is 4.77. The SMILES string of the molecule is Cc1cc(Cl)cc(C(Br)c2ccc(C)c(C)c2)c1. The van der Waals surface area contributed by atoms with Crippen molar-refractivity contribution >= 4 is 27.5 Å². The highest BCUT2D eigenvalue weighted by atomic mass is 79.9. The average molecular weight is 324 g/mol. The number of hydrogen-bond acceptors (Lipinski definition) is 0. The summed E-state index contributed by atoms with van der Waals surface area (Å²) in [6.07, 6.45) is 0. The van der Waals surface area contributed by atoms with E-state index in [9.17, 15) is 0 Å². The Morgan fingerprint density at radius 2 is 1.61 bits per heavy atom. The average Bonchev–Trinajstić information content (AvgIpc) is 2.30. The molecule has 0 radical (unpaired) electrons. The van der Waals surface area contributed by atoms with Crippen molar-refractivity contribution in [2.45, 2.75) is 25.6 Å². The normalized spacial score (nSPS) is 12.5. The van der Waals surface area contributed by atoms with Gasteiger partial charge in [0.05, 0.1) is 4.83 Å². The third-order valence-corrected chi connectivity index (χ3v) is 4.46. The summed E-state index contributed by atoms with van der Waals surface area (Å²) in [5, 5.41) is 0.790. The first-order valence-corrected chi connectivity index (χ1v) is 7.25. The molecule has 18 heavy (non-hydrogen) atoms. The predicted molar refractivity (Wildman–Crippen MR) is 82.9 cm³/mol. The first kappa shape index (κ1) is 13.6. The van der Waals surface area contributed by atoms with Gasteiger partial charge < -0.3 is 0 Å². The highest BCUT2D eigenvalue weighted by molar-refractivity contribution is 9.09. The van der Waals surface area contributed by atoms with Crippen LogP contribution in [-0.4, -0.2) is 0 Å². The number of hydrogen-bond donors (Lipinski definition) is 0. The van der Waals surface area contributed by atoms with E-state index in [-0.39, 0.29) is 4.83 Å². The van der Waals surface area contributed by atoms with Gasteiger partial charge in [-0.25, -0.2) is 0 Å². The van der Waals surface area contributed by atoms with E-state index in [1.807, 2.05) is 12.1 Å². The van der Waals surface area contributed by atoms with Crippen LogP contribution in [-0.2, 0) is 0 Å². The number of rotatable bonds is 2.